The molecule has 428 valence electrons. The average Bonchev–Trinajstić information content (AvgIpc) is 3.35. The highest BCUT2D eigenvalue weighted by molar-refractivity contribution is 7.47. The molecule has 0 fully saturated rings. The van der Waals surface area contributed by atoms with Crippen molar-refractivity contribution in [3.8, 4) is 0 Å². The Hall–Kier alpha value is -2.03. The van der Waals surface area contributed by atoms with Crippen molar-refractivity contribution in [2.75, 3.05) is 40.9 Å². The lowest BCUT2D eigenvalue weighted by Crippen LogP contribution is -2.47. The van der Waals surface area contributed by atoms with Crippen molar-refractivity contribution in [3.05, 3.63) is 48.6 Å². The van der Waals surface area contributed by atoms with Gasteiger partial charge in [0, 0.05) is 12.8 Å². The molecule has 0 aliphatic rings. The Kier molecular flexibility index (Phi) is 51.9. The van der Waals surface area contributed by atoms with E-state index in [4.69, 9.17) is 13.8 Å². The number of carbonyl (C=O) groups is 2. The number of hydrogen-bond donors (Lipinski definition) is 2. The number of esters is 1. The van der Waals surface area contributed by atoms with Gasteiger partial charge in [-0.25, -0.2) is 4.57 Å². The lowest BCUT2D eigenvalue weighted by atomic mass is 10.0. The summed E-state index contributed by atoms with van der Waals surface area (Å²) in [5.74, 6) is -0.501. The van der Waals surface area contributed by atoms with Gasteiger partial charge in [0.25, 0.3) is 0 Å². The van der Waals surface area contributed by atoms with Crippen LogP contribution in [0.1, 0.15) is 290 Å². The van der Waals surface area contributed by atoms with Gasteiger partial charge in [-0.2, -0.15) is 0 Å². The summed E-state index contributed by atoms with van der Waals surface area (Å²) in [7, 11) is 1.50. The first-order chi connectivity index (χ1) is 35.4. The molecule has 9 nitrogen and oxygen atoms in total. The van der Waals surface area contributed by atoms with Crippen LogP contribution in [-0.4, -0.2) is 74.3 Å². The van der Waals surface area contributed by atoms with E-state index in [0.717, 1.165) is 70.6 Å². The molecule has 1 amide bonds. The van der Waals surface area contributed by atoms with Crippen LogP contribution in [-0.2, 0) is 27.9 Å². The molecule has 0 heterocycles. The first kappa shape index (κ1) is 71.0. The van der Waals surface area contributed by atoms with E-state index in [1.165, 1.54) is 186 Å². The SMILES string of the molecule is CCCCC/C=C\C/C=C\C/C=C\CCCCCCCCCCCCC(=O)OC(/C=C/CCCCCCCCCCC)C(COP(=O)(O)OCC[N+](C)(C)C)NC(=O)CCCCCCCCCCCCCCC. The van der Waals surface area contributed by atoms with Crippen LogP contribution in [0.5, 0.6) is 0 Å². The number of unbranched alkanes of at least 4 members (excludes halogenated alkanes) is 34. The summed E-state index contributed by atoms with van der Waals surface area (Å²) in [6.07, 6.45) is 65.3. The van der Waals surface area contributed by atoms with Gasteiger partial charge in [-0.15, -0.1) is 0 Å². The highest BCUT2D eigenvalue weighted by Gasteiger charge is 2.30. The Bertz CT molecular complexity index is 1390. The maximum absolute atomic E-state index is 13.5. The van der Waals surface area contributed by atoms with E-state index in [-0.39, 0.29) is 31.5 Å². The number of quaternary nitrogens is 1. The average molecular weight is 1050 g/mol. The second-order valence-electron chi connectivity index (χ2n) is 22.2. The molecule has 0 saturated carbocycles. The second-order valence-corrected chi connectivity index (χ2v) is 23.7. The van der Waals surface area contributed by atoms with E-state index in [0.29, 0.717) is 17.4 Å². The molecule has 10 heteroatoms. The maximum Gasteiger partial charge on any atom is 0.472 e. The minimum atomic E-state index is -4.44. The fourth-order valence-electron chi connectivity index (χ4n) is 8.95. The standard InChI is InChI=1S/C63H119N2O7P/c1-7-10-13-16-19-22-25-27-28-29-30-31-32-33-34-35-36-38-41-44-47-50-53-56-63(67)72-61(54-51-48-45-42-39-24-21-18-15-12-9-3)60(59-71-73(68,69)70-58-57-65(4,5)6)64-62(66)55-52-49-46-43-40-37-26-23-20-17-14-11-8-2/h19,22,27-28,30-31,51,54,60-61H,7-18,20-21,23-26,29,32-50,52-53,55-59H2,1-6H3,(H-,64,66,68,69)/p+1/b22-19-,28-27-,31-30-,54-51+. The summed E-state index contributed by atoms with van der Waals surface area (Å²) in [5, 5.41) is 3.05. The van der Waals surface area contributed by atoms with Gasteiger partial charge < -0.3 is 19.4 Å². The van der Waals surface area contributed by atoms with Crippen LogP contribution >= 0.6 is 7.82 Å². The van der Waals surface area contributed by atoms with Gasteiger partial charge in [0.15, 0.2) is 0 Å². The van der Waals surface area contributed by atoms with E-state index in [2.05, 4.69) is 62.5 Å². The van der Waals surface area contributed by atoms with Crippen molar-refractivity contribution in [3.63, 3.8) is 0 Å². The molecule has 0 rings (SSSR count). The third-order valence-electron chi connectivity index (χ3n) is 13.8. The Balaban J connectivity index is 5.14. The topological polar surface area (TPSA) is 111 Å². The van der Waals surface area contributed by atoms with Crippen molar-refractivity contribution in [2.24, 2.45) is 0 Å². The molecule has 0 spiro atoms. The Morgan fingerprint density at radius 1 is 0.479 bits per heavy atom. The van der Waals surface area contributed by atoms with Gasteiger partial charge in [0.1, 0.15) is 19.3 Å². The largest absolute Gasteiger partial charge is 0.472 e. The molecule has 0 saturated heterocycles. The van der Waals surface area contributed by atoms with E-state index in [1.807, 2.05) is 33.3 Å². The highest BCUT2D eigenvalue weighted by atomic mass is 31.2. The molecule has 0 aromatic rings. The van der Waals surface area contributed by atoms with E-state index in [1.54, 1.807) is 0 Å². The second kappa shape index (κ2) is 53.4. The van der Waals surface area contributed by atoms with Crippen LogP contribution in [0.2, 0.25) is 0 Å². The van der Waals surface area contributed by atoms with Gasteiger partial charge in [-0.05, 0) is 70.3 Å². The van der Waals surface area contributed by atoms with Gasteiger partial charge in [-0.3, -0.25) is 18.6 Å². The maximum atomic E-state index is 13.5. The number of phosphoric ester groups is 1. The lowest BCUT2D eigenvalue weighted by molar-refractivity contribution is -0.870. The van der Waals surface area contributed by atoms with Crippen molar-refractivity contribution < 1.29 is 37.3 Å². The number of nitrogens with zero attached hydrogens (tertiary/aromatic N) is 1. The van der Waals surface area contributed by atoms with Gasteiger partial charge >= 0.3 is 13.8 Å². The van der Waals surface area contributed by atoms with Crippen LogP contribution in [0.3, 0.4) is 0 Å². The third-order valence-corrected chi connectivity index (χ3v) is 14.8. The number of rotatable bonds is 56. The van der Waals surface area contributed by atoms with Crippen LogP contribution in [0.15, 0.2) is 48.6 Å². The monoisotopic (exact) mass is 1050 g/mol. The molecular formula is C63H120N2O7P+. The van der Waals surface area contributed by atoms with Crippen LogP contribution < -0.4 is 5.32 Å². The number of likely N-dealkylation sites (N-methyl/N-ethyl adjacent to an activating group) is 1. The van der Waals surface area contributed by atoms with E-state index < -0.39 is 20.0 Å². The molecule has 3 unspecified atom stereocenters. The zero-order chi connectivity index (χ0) is 53.6. The van der Waals surface area contributed by atoms with Crippen molar-refractivity contribution in [1.29, 1.82) is 0 Å². The highest BCUT2D eigenvalue weighted by Crippen LogP contribution is 2.43. The fraction of sp³-hybridized carbons (Fsp3) is 0.841. The van der Waals surface area contributed by atoms with Gasteiger partial charge in [0.2, 0.25) is 5.91 Å². The smallest absolute Gasteiger partial charge is 0.456 e. The Morgan fingerprint density at radius 3 is 1.27 bits per heavy atom. The predicted octanol–water partition coefficient (Wildman–Crippen LogP) is 18.9. The van der Waals surface area contributed by atoms with Crippen LogP contribution in [0, 0.1) is 0 Å². The summed E-state index contributed by atoms with van der Waals surface area (Å²) in [6.45, 7) is 7.00. The van der Waals surface area contributed by atoms with Gasteiger partial charge in [0.05, 0.1) is 33.8 Å². The molecule has 0 radical (unpaired) electrons. The summed E-state index contributed by atoms with van der Waals surface area (Å²) < 4.78 is 30.7. The zero-order valence-corrected chi connectivity index (χ0v) is 49.8. The van der Waals surface area contributed by atoms with Crippen molar-refractivity contribution in [1.82, 2.24) is 5.32 Å². The normalized spacial score (nSPS) is 14.0. The summed E-state index contributed by atoms with van der Waals surface area (Å²) >= 11 is 0. The minimum absolute atomic E-state index is 0.0409. The number of amides is 1. The summed E-state index contributed by atoms with van der Waals surface area (Å²) in [4.78, 5) is 37.6. The lowest BCUT2D eigenvalue weighted by Gasteiger charge is -2.27. The molecule has 0 aliphatic carbocycles. The molecule has 0 aromatic carbocycles. The van der Waals surface area contributed by atoms with Crippen LogP contribution in [0.4, 0.5) is 0 Å². The number of carbonyl (C=O) groups excluding carboxylic acids is 2. The number of hydrogen-bond acceptors (Lipinski definition) is 6. The molecule has 0 aromatic heterocycles. The molecular weight excluding hydrogens is 928 g/mol. The van der Waals surface area contributed by atoms with E-state index in [9.17, 15) is 19.0 Å². The number of allylic oxidation sites excluding steroid dienone is 7. The molecule has 73 heavy (non-hydrogen) atoms. The number of ether oxygens (including phenoxy) is 1. The minimum Gasteiger partial charge on any atom is -0.456 e. The summed E-state index contributed by atoms with van der Waals surface area (Å²) in [6, 6.07) is -0.846. The quantitative estimate of drug-likeness (QED) is 0.0205. The first-order valence-electron chi connectivity index (χ1n) is 31.0. The predicted molar refractivity (Wildman–Crippen MR) is 314 cm³/mol. The molecule has 0 bridgehead atoms. The van der Waals surface area contributed by atoms with Crippen molar-refractivity contribution >= 4 is 19.7 Å². The molecule has 3 atom stereocenters. The van der Waals surface area contributed by atoms with E-state index >= 15 is 0 Å². The molecule has 0 aliphatic heterocycles. The molecule has 2 N–H and O–H groups in total. The Morgan fingerprint density at radius 2 is 0.836 bits per heavy atom. The third kappa shape index (κ3) is 54.6. The number of phosphoric acid groups is 1. The Labute approximate surface area is 452 Å². The zero-order valence-electron chi connectivity index (χ0n) is 48.9. The fourth-order valence-corrected chi connectivity index (χ4v) is 9.68. The van der Waals surface area contributed by atoms with Crippen LogP contribution in [0.25, 0.3) is 0 Å². The number of nitrogens with one attached hydrogen (secondary N) is 1. The first-order valence-corrected chi connectivity index (χ1v) is 32.5. The summed E-state index contributed by atoms with van der Waals surface area (Å²) in [5.41, 5.74) is 0. The van der Waals surface area contributed by atoms with Gasteiger partial charge in [-0.1, -0.05) is 256 Å². The van der Waals surface area contributed by atoms with Crippen molar-refractivity contribution in [2.45, 2.75) is 303 Å².